The van der Waals surface area contributed by atoms with Gasteiger partial charge in [0.2, 0.25) is 0 Å². The largest absolute Gasteiger partial charge is 0.254 e. The molecule has 18 heavy (non-hydrogen) atoms. The number of aromatic nitrogens is 1. The summed E-state index contributed by atoms with van der Waals surface area (Å²) >= 11 is 7.09. The maximum absolute atomic E-state index is 4.54. The van der Waals surface area contributed by atoms with Crippen molar-refractivity contribution >= 4 is 42.8 Å². The third-order valence-electron chi connectivity index (χ3n) is 2.87. The summed E-state index contributed by atoms with van der Waals surface area (Å²) in [5, 5.41) is 1.12. The second-order valence-electron chi connectivity index (χ2n) is 3.99. The first-order chi connectivity index (χ1) is 8.77. The Hall–Kier alpha value is -1.19. The summed E-state index contributed by atoms with van der Waals surface area (Å²) in [6.07, 6.45) is 1.83. The topological polar surface area (TPSA) is 12.9 Å². The van der Waals surface area contributed by atoms with Crippen LogP contribution in [0.15, 0.2) is 63.7 Å². The number of nitrogens with zero attached hydrogens (tertiary/aromatic N) is 1. The van der Waals surface area contributed by atoms with E-state index in [4.69, 9.17) is 0 Å². The molecule has 0 unspecified atom stereocenters. The monoisotopic (exact) mass is 361 g/mol. The lowest BCUT2D eigenvalue weighted by atomic mass is 10.0. The molecule has 1 aromatic heterocycles. The molecule has 0 spiro atoms. The van der Waals surface area contributed by atoms with Gasteiger partial charge in [0.05, 0.1) is 9.99 Å². The van der Waals surface area contributed by atoms with Crippen molar-refractivity contribution < 1.29 is 0 Å². The first-order valence-corrected chi connectivity index (χ1v) is 7.14. The highest BCUT2D eigenvalue weighted by Gasteiger charge is 2.08. The van der Waals surface area contributed by atoms with Gasteiger partial charge in [-0.25, -0.2) is 0 Å². The van der Waals surface area contributed by atoms with Crippen LogP contribution in [0.2, 0.25) is 0 Å². The van der Waals surface area contributed by atoms with Crippen LogP contribution < -0.4 is 0 Å². The Bertz CT molecular complexity index is 708. The summed E-state index contributed by atoms with van der Waals surface area (Å²) in [6, 6.07) is 16.6. The summed E-state index contributed by atoms with van der Waals surface area (Å²) < 4.78 is 2.02. The lowest BCUT2D eigenvalue weighted by molar-refractivity contribution is 1.37. The zero-order valence-electron chi connectivity index (χ0n) is 9.40. The number of pyridine rings is 1. The standard InChI is InChI=1S/C15H9Br2N/c16-13-9-18-15-11(10-5-2-1-3-6-10)7-4-8-12(15)14(13)17/h1-9H. The lowest BCUT2D eigenvalue weighted by Gasteiger charge is -2.08. The van der Waals surface area contributed by atoms with Gasteiger partial charge in [-0.2, -0.15) is 0 Å². The Balaban J connectivity index is 2.35. The average Bonchev–Trinajstić information content (AvgIpc) is 2.43. The number of halogens is 2. The lowest BCUT2D eigenvalue weighted by Crippen LogP contribution is -1.86. The van der Waals surface area contributed by atoms with Gasteiger partial charge in [0.25, 0.3) is 0 Å². The fourth-order valence-electron chi connectivity index (χ4n) is 2.02. The molecule has 1 nitrogen and oxygen atoms in total. The molecule has 0 N–H and O–H groups in total. The van der Waals surface area contributed by atoms with Crippen molar-refractivity contribution in [3.05, 3.63) is 63.7 Å². The molecule has 3 rings (SSSR count). The van der Waals surface area contributed by atoms with Crippen LogP contribution in [0.3, 0.4) is 0 Å². The normalized spacial score (nSPS) is 10.8. The minimum atomic E-state index is 0.972. The average molecular weight is 363 g/mol. The van der Waals surface area contributed by atoms with Gasteiger partial charge in [-0.05, 0) is 37.4 Å². The first kappa shape index (κ1) is 11.9. The molecule has 0 aliphatic carbocycles. The van der Waals surface area contributed by atoms with Crippen LogP contribution in [0.5, 0.6) is 0 Å². The van der Waals surface area contributed by atoms with Crippen LogP contribution >= 0.6 is 31.9 Å². The molecule has 1 heterocycles. The Kier molecular flexibility index (Phi) is 3.18. The van der Waals surface area contributed by atoms with Crippen molar-refractivity contribution in [1.82, 2.24) is 4.98 Å². The summed E-state index contributed by atoms with van der Waals surface area (Å²) in [7, 11) is 0. The number of rotatable bonds is 1. The van der Waals surface area contributed by atoms with Gasteiger partial charge in [0, 0.05) is 21.6 Å². The third kappa shape index (κ3) is 1.98. The highest BCUT2D eigenvalue weighted by Crippen LogP contribution is 2.34. The SMILES string of the molecule is Brc1cnc2c(-c3ccccc3)cccc2c1Br. The van der Waals surface area contributed by atoms with Crippen molar-refractivity contribution in [3.8, 4) is 11.1 Å². The second-order valence-corrected chi connectivity index (χ2v) is 5.64. The van der Waals surface area contributed by atoms with E-state index in [1.165, 1.54) is 5.56 Å². The second kappa shape index (κ2) is 4.82. The minimum absolute atomic E-state index is 0.972. The number of hydrogen-bond donors (Lipinski definition) is 0. The Morgan fingerprint density at radius 2 is 1.61 bits per heavy atom. The smallest absolute Gasteiger partial charge is 0.0792 e. The Morgan fingerprint density at radius 1 is 0.833 bits per heavy atom. The molecular weight excluding hydrogens is 354 g/mol. The van der Waals surface area contributed by atoms with E-state index in [1.807, 2.05) is 24.4 Å². The van der Waals surface area contributed by atoms with Gasteiger partial charge < -0.3 is 0 Å². The van der Waals surface area contributed by atoms with Crippen LogP contribution in [0.4, 0.5) is 0 Å². The number of fused-ring (bicyclic) bond motifs is 1. The maximum atomic E-state index is 4.54. The predicted molar refractivity (Wildman–Crippen MR) is 82.6 cm³/mol. The molecule has 0 saturated carbocycles. The van der Waals surface area contributed by atoms with Crippen molar-refractivity contribution in [1.29, 1.82) is 0 Å². The Morgan fingerprint density at radius 3 is 2.39 bits per heavy atom. The van der Waals surface area contributed by atoms with E-state index in [0.29, 0.717) is 0 Å². The molecule has 3 heteroatoms. The number of para-hydroxylation sites is 1. The van der Waals surface area contributed by atoms with Crippen molar-refractivity contribution in [2.45, 2.75) is 0 Å². The van der Waals surface area contributed by atoms with Crippen LogP contribution in [0.1, 0.15) is 0 Å². The summed E-state index contributed by atoms with van der Waals surface area (Å²) in [4.78, 5) is 4.54. The molecule has 0 fully saturated rings. The molecule has 2 aromatic carbocycles. The first-order valence-electron chi connectivity index (χ1n) is 5.55. The van der Waals surface area contributed by atoms with Crippen molar-refractivity contribution in [2.24, 2.45) is 0 Å². The molecular formula is C15H9Br2N. The Labute approximate surface area is 122 Å². The molecule has 0 bridgehead atoms. The number of benzene rings is 2. The summed E-state index contributed by atoms with van der Waals surface area (Å²) in [5.74, 6) is 0. The molecule has 0 radical (unpaired) electrons. The molecule has 0 aliphatic rings. The van der Waals surface area contributed by atoms with Crippen LogP contribution in [-0.2, 0) is 0 Å². The van der Waals surface area contributed by atoms with E-state index in [9.17, 15) is 0 Å². The molecule has 88 valence electrons. The van der Waals surface area contributed by atoms with Crippen molar-refractivity contribution in [2.75, 3.05) is 0 Å². The van der Waals surface area contributed by atoms with E-state index in [0.717, 1.165) is 25.4 Å². The third-order valence-corrected chi connectivity index (χ3v) is 4.86. The zero-order valence-corrected chi connectivity index (χ0v) is 12.6. The van der Waals surface area contributed by atoms with Gasteiger partial charge >= 0.3 is 0 Å². The van der Waals surface area contributed by atoms with Crippen LogP contribution in [-0.4, -0.2) is 4.98 Å². The molecule has 0 atom stereocenters. The van der Waals surface area contributed by atoms with E-state index < -0.39 is 0 Å². The molecule has 0 saturated heterocycles. The van der Waals surface area contributed by atoms with E-state index in [-0.39, 0.29) is 0 Å². The van der Waals surface area contributed by atoms with Gasteiger partial charge in [0.15, 0.2) is 0 Å². The van der Waals surface area contributed by atoms with E-state index in [1.54, 1.807) is 0 Å². The quantitative estimate of drug-likeness (QED) is 0.562. The molecule has 0 amide bonds. The number of hydrogen-bond acceptors (Lipinski definition) is 1. The maximum Gasteiger partial charge on any atom is 0.0792 e. The van der Waals surface area contributed by atoms with Gasteiger partial charge in [0.1, 0.15) is 0 Å². The highest BCUT2D eigenvalue weighted by molar-refractivity contribution is 9.13. The zero-order chi connectivity index (χ0) is 12.5. The van der Waals surface area contributed by atoms with Gasteiger partial charge in [-0.15, -0.1) is 0 Å². The van der Waals surface area contributed by atoms with E-state index in [2.05, 4.69) is 67.2 Å². The van der Waals surface area contributed by atoms with Crippen LogP contribution in [0.25, 0.3) is 22.0 Å². The van der Waals surface area contributed by atoms with Crippen LogP contribution in [0, 0.1) is 0 Å². The summed E-state index contributed by atoms with van der Waals surface area (Å²) in [6.45, 7) is 0. The summed E-state index contributed by atoms with van der Waals surface area (Å²) in [5.41, 5.74) is 3.35. The molecule has 3 aromatic rings. The predicted octanol–water partition coefficient (Wildman–Crippen LogP) is 5.43. The fourth-order valence-corrected chi connectivity index (χ4v) is 2.76. The highest BCUT2D eigenvalue weighted by atomic mass is 79.9. The minimum Gasteiger partial charge on any atom is -0.254 e. The fraction of sp³-hybridized carbons (Fsp3) is 0. The van der Waals surface area contributed by atoms with Crippen molar-refractivity contribution in [3.63, 3.8) is 0 Å². The van der Waals surface area contributed by atoms with E-state index >= 15 is 0 Å². The molecule has 0 aliphatic heterocycles. The van der Waals surface area contributed by atoms with Gasteiger partial charge in [-0.1, -0.05) is 48.5 Å². The van der Waals surface area contributed by atoms with Gasteiger partial charge in [-0.3, -0.25) is 4.98 Å².